The lowest BCUT2D eigenvalue weighted by Crippen LogP contribution is -2.38. The fourth-order valence-corrected chi connectivity index (χ4v) is 6.54. The van der Waals surface area contributed by atoms with Crippen molar-refractivity contribution >= 4 is 56.0 Å². The van der Waals surface area contributed by atoms with Gasteiger partial charge in [0, 0.05) is 44.1 Å². The predicted molar refractivity (Wildman–Crippen MR) is 127 cm³/mol. The molecule has 0 radical (unpaired) electrons. The van der Waals surface area contributed by atoms with Crippen molar-refractivity contribution in [3.8, 4) is 6.07 Å². The maximum absolute atomic E-state index is 13.2. The molecule has 1 aromatic heterocycles. The Bertz CT molecular complexity index is 1260. The standard InChI is InChI=1S/C22H18BrClN4O3S/c1-2-18-13(23)9-19(32-18)20-12(10-25)22(26)27(16-4-3-5-17(29)21(16)20)15-7-6-11(28(30)31)8-14(15)24/h6-9,20H,2-5,26H2,1H3. The van der Waals surface area contributed by atoms with Crippen LogP contribution in [0.2, 0.25) is 5.02 Å². The molecule has 0 spiro atoms. The molecule has 0 bridgehead atoms. The van der Waals surface area contributed by atoms with Gasteiger partial charge in [-0.05, 0) is 47.3 Å². The molecule has 0 amide bonds. The van der Waals surface area contributed by atoms with E-state index in [4.69, 9.17) is 17.3 Å². The summed E-state index contributed by atoms with van der Waals surface area (Å²) >= 11 is 11.5. The molecule has 1 atom stereocenters. The number of nitrogens with two attached hydrogens (primary N) is 1. The van der Waals surface area contributed by atoms with Crippen LogP contribution in [0.4, 0.5) is 11.4 Å². The lowest BCUT2D eigenvalue weighted by molar-refractivity contribution is -0.384. The Balaban J connectivity index is 1.95. The first-order valence-electron chi connectivity index (χ1n) is 9.96. The van der Waals surface area contributed by atoms with Crippen molar-refractivity contribution in [2.24, 2.45) is 5.73 Å². The molecule has 2 N–H and O–H groups in total. The number of carbonyl (C=O) groups is 1. The Kier molecular flexibility index (Phi) is 6.12. The number of nitrogens with zero attached hydrogens (tertiary/aromatic N) is 3. The molecule has 0 saturated carbocycles. The molecule has 0 saturated heterocycles. The monoisotopic (exact) mass is 532 g/mol. The number of nitriles is 1. The second-order valence-electron chi connectivity index (χ2n) is 7.48. The Hall–Kier alpha value is -2.67. The number of rotatable bonds is 4. The zero-order valence-corrected chi connectivity index (χ0v) is 20.2. The number of Topliss-reactive ketones (excluding diaryl/α,β-unsaturated/α-hetero) is 1. The molecule has 164 valence electrons. The molecule has 32 heavy (non-hydrogen) atoms. The summed E-state index contributed by atoms with van der Waals surface area (Å²) < 4.78 is 0.946. The molecule has 7 nitrogen and oxygen atoms in total. The normalized spacial score (nSPS) is 18.6. The van der Waals surface area contributed by atoms with Crippen molar-refractivity contribution in [2.75, 3.05) is 4.90 Å². The predicted octanol–water partition coefficient (Wildman–Crippen LogP) is 5.94. The van der Waals surface area contributed by atoms with Crippen molar-refractivity contribution in [1.82, 2.24) is 0 Å². The molecule has 1 unspecified atom stereocenters. The van der Waals surface area contributed by atoms with Gasteiger partial charge in [-0.1, -0.05) is 18.5 Å². The topological polar surface area (TPSA) is 113 Å². The first-order valence-corrected chi connectivity index (χ1v) is 11.9. The van der Waals surface area contributed by atoms with Crippen LogP contribution in [-0.2, 0) is 11.2 Å². The number of nitro groups is 1. The molecular formula is C22H18BrClN4O3S. The van der Waals surface area contributed by atoms with Gasteiger partial charge in [0.05, 0.1) is 33.2 Å². The van der Waals surface area contributed by atoms with Crippen LogP contribution in [0, 0.1) is 21.4 Å². The highest BCUT2D eigenvalue weighted by molar-refractivity contribution is 9.10. The maximum Gasteiger partial charge on any atom is 0.271 e. The van der Waals surface area contributed by atoms with Gasteiger partial charge in [-0.15, -0.1) is 11.3 Å². The van der Waals surface area contributed by atoms with E-state index in [1.54, 1.807) is 16.2 Å². The second-order valence-corrected chi connectivity index (χ2v) is 9.91. The van der Waals surface area contributed by atoms with Gasteiger partial charge in [-0.3, -0.25) is 19.8 Å². The van der Waals surface area contributed by atoms with Gasteiger partial charge >= 0.3 is 0 Å². The molecule has 4 rings (SSSR count). The molecule has 1 aliphatic heterocycles. The summed E-state index contributed by atoms with van der Waals surface area (Å²) in [4.78, 5) is 27.4. The van der Waals surface area contributed by atoms with Crippen LogP contribution in [-0.4, -0.2) is 10.7 Å². The molecular weight excluding hydrogens is 516 g/mol. The molecule has 2 aliphatic rings. The number of halogens is 2. The molecule has 1 aliphatic carbocycles. The number of thiophene rings is 1. The number of allylic oxidation sites excluding steroid dienone is 3. The van der Waals surface area contributed by atoms with E-state index in [0.29, 0.717) is 36.2 Å². The van der Waals surface area contributed by atoms with Crippen LogP contribution in [0.15, 0.2) is 51.4 Å². The third kappa shape index (κ3) is 3.62. The van der Waals surface area contributed by atoms with E-state index in [1.807, 2.05) is 13.0 Å². The van der Waals surface area contributed by atoms with E-state index in [-0.39, 0.29) is 27.9 Å². The smallest absolute Gasteiger partial charge is 0.271 e. The number of ketones is 1. The average molecular weight is 534 g/mol. The summed E-state index contributed by atoms with van der Waals surface area (Å²) in [7, 11) is 0. The number of hydrogen-bond acceptors (Lipinski definition) is 7. The summed E-state index contributed by atoms with van der Waals surface area (Å²) in [6, 6.07) is 8.26. The SMILES string of the molecule is CCc1sc(C2C(C#N)=C(N)N(c3ccc([N+](=O)[O-])cc3Cl)C3=C2C(=O)CCC3)cc1Br. The summed E-state index contributed by atoms with van der Waals surface area (Å²) in [5, 5.41) is 21.3. The minimum atomic E-state index is -0.544. The van der Waals surface area contributed by atoms with Crippen molar-refractivity contribution in [1.29, 1.82) is 5.26 Å². The van der Waals surface area contributed by atoms with E-state index >= 15 is 0 Å². The van der Waals surface area contributed by atoms with Gasteiger partial charge in [-0.25, -0.2) is 0 Å². The van der Waals surface area contributed by atoms with Crippen LogP contribution in [0.5, 0.6) is 0 Å². The number of nitro benzene ring substituents is 1. The first-order chi connectivity index (χ1) is 15.3. The minimum absolute atomic E-state index is 0.0258. The van der Waals surface area contributed by atoms with Gasteiger partial charge in [0.15, 0.2) is 5.78 Å². The average Bonchev–Trinajstić information content (AvgIpc) is 3.14. The minimum Gasteiger partial charge on any atom is -0.384 e. The van der Waals surface area contributed by atoms with Crippen molar-refractivity contribution in [3.05, 3.63) is 76.3 Å². The van der Waals surface area contributed by atoms with Crippen LogP contribution >= 0.6 is 38.9 Å². The molecule has 1 aromatic carbocycles. The van der Waals surface area contributed by atoms with Crippen molar-refractivity contribution in [3.63, 3.8) is 0 Å². The Morgan fingerprint density at radius 1 is 1.41 bits per heavy atom. The Morgan fingerprint density at radius 3 is 2.75 bits per heavy atom. The zero-order valence-electron chi connectivity index (χ0n) is 17.0. The molecule has 0 fully saturated rings. The van der Waals surface area contributed by atoms with Gasteiger partial charge in [0.1, 0.15) is 5.82 Å². The number of carbonyl (C=O) groups excluding carboxylic acids is 1. The highest BCUT2D eigenvalue weighted by atomic mass is 79.9. The number of non-ortho nitro benzene ring substituents is 1. The fourth-order valence-electron chi connectivity index (χ4n) is 4.25. The summed E-state index contributed by atoms with van der Waals surface area (Å²) in [6.07, 6.45) is 2.44. The number of benzene rings is 1. The van der Waals surface area contributed by atoms with E-state index in [2.05, 4.69) is 22.0 Å². The first kappa shape index (κ1) is 22.5. The molecule has 2 heterocycles. The number of hydrogen-bond donors (Lipinski definition) is 1. The summed E-state index contributed by atoms with van der Waals surface area (Å²) in [5.74, 6) is -0.385. The number of aryl methyl sites for hydroxylation is 1. The second kappa shape index (κ2) is 8.70. The van der Waals surface area contributed by atoms with Crippen molar-refractivity contribution < 1.29 is 9.72 Å². The fraction of sp³-hybridized carbons (Fsp3) is 0.273. The quantitative estimate of drug-likeness (QED) is 0.384. The van der Waals surface area contributed by atoms with E-state index in [1.165, 1.54) is 18.2 Å². The Morgan fingerprint density at radius 2 is 2.16 bits per heavy atom. The zero-order chi connectivity index (χ0) is 23.2. The van der Waals surface area contributed by atoms with E-state index in [9.17, 15) is 20.2 Å². The highest BCUT2D eigenvalue weighted by Crippen LogP contribution is 2.49. The van der Waals surface area contributed by atoms with Crippen LogP contribution in [0.1, 0.15) is 41.9 Å². The van der Waals surface area contributed by atoms with Crippen molar-refractivity contribution in [2.45, 2.75) is 38.5 Å². The molecule has 10 heteroatoms. The van der Waals surface area contributed by atoms with Crippen LogP contribution in [0.3, 0.4) is 0 Å². The van der Waals surface area contributed by atoms with E-state index < -0.39 is 10.8 Å². The molecule has 2 aromatic rings. The van der Waals surface area contributed by atoms with Gasteiger partial charge in [-0.2, -0.15) is 5.26 Å². The third-order valence-electron chi connectivity index (χ3n) is 5.68. The van der Waals surface area contributed by atoms with Gasteiger partial charge < -0.3 is 5.73 Å². The Labute approximate surface area is 202 Å². The largest absolute Gasteiger partial charge is 0.384 e. The maximum atomic E-state index is 13.2. The third-order valence-corrected chi connectivity index (χ3v) is 8.30. The summed E-state index contributed by atoms with van der Waals surface area (Å²) in [5.41, 5.74) is 8.30. The highest BCUT2D eigenvalue weighted by Gasteiger charge is 2.41. The lowest BCUT2D eigenvalue weighted by atomic mass is 9.78. The van der Waals surface area contributed by atoms with Gasteiger partial charge in [0.25, 0.3) is 5.69 Å². The van der Waals surface area contributed by atoms with Gasteiger partial charge in [0.2, 0.25) is 0 Å². The summed E-state index contributed by atoms with van der Waals surface area (Å²) in [6.45, 7) is 2.05. The van der Waals surface area contributed by atoms with E-state index in [0.717, 1.165) is 20.6 Å². The van der Waals surface area contributed by atoms with Crippen LogP contribution in [0.25, 0.3) is 0 Å². The lowest BCUT2D eigenvalue weighted by Gasteiger charge is -2.39. The van der Waals surface area contributed by atoms with Crippen LogP contribution < -0.4 is 10.6 Å². The number of anilines is 1.